The molecule has 0 unspecified atom stereocenters. The Morgan fingerprint density at radius 2 is 1.97 bits per heavy atom. The van der Waals surface area contributed by atoms with Crippen LogP contribution in [-0.4, -0.2) is 45.7 Å². The lowest BCUT2D eigenvalue weighted by atomic mass is 9.81. The van der Waals surface area contributed by atoms with Crippen molar-refractivity contribution in [2.24, 2.45) is 5.92 Å². The minimum Gasteiger partial charge on any atom is -0.339 e. The highest BCUT2D eigenvalue weighted by Crippen LogP contribution is 2.32. The molecule has 0 saturated heterocycles. The zero-order chi connectivity index (χ0) is 24.3. The minimum absolute atomic E-state index is 0.0266. The lowest BCUT2D eigenvalue weighted by molar-refractivity contribution is -0.137. The zero-order valence-electron chi connectivity index (χ0n) is 18.4. The van der Waals surface area contributed by atoms with Gasteiger partial charge in [0.2, 0.25) is 0 Å². The van der Waals surface area contributed by atoms with Crippen molar-refractivity contribution in [3.05, 3.63) is 53.1 Å². The Labute approximate surface area is 188 Å². The topological polar surface area (TPSA) is 55.2 Å². The molecule has 5 nitrogen and oxygen atoms in total. The number of halogens is 5. The van der Waals surface area contributed by atoms with Gasteiger partial charge in [-0.3, -0.25) is 9.59 Å². The maximum Gasteiger partial charge on any atom is 0.416 e. The first-order valence-corrected chi connectivity index (χ1v) is 10.7. The number of hydrogen-bond acceptors (Lipinski definition) is 3. The van der Waals surface area contributed by atoms with Gasteiger partial charge in [0.15, 0.2) is 0 Å². The summed E-state index contributed by atoms with van der Waals surface area (Å²) in [6, 6.07) is 3.97. The van der Waals surface area contributed by atoms with Gasteiger partial charge < -0.3 is 9.47 Å². The van der Waals surface area contributed by atoms with Crippen LogP contribution in [0.4, 0.5) is 22.0 Å². The monoisotopic (exact) mass is 471 g/mol. The van der Waals surface area contributed by atoms with Gasteiger partial charge in [-0.1, -0.05) is 12.5 Å². The molecule has 0 spiro atoms. The summed E-state index contributed by atoms with van der Waals surface area (Å²) in [7, 11) is 1.53. The van der Waals surface area contributed by atoms with E-state index in [4.69, 9.17) is 0 Å². The summed E-state index contributed by atoms with van der Waals surface area (Å²) in [4.78, 5) is 31.2. The molecule has 1 fully saturated rings. The van der Waals surface area contributed by atoms with Crippen LogP contribution >= 0.6 is 0 Å². The molecular formula is C23H26F5N3O2. The summed E-state index contributed by atoms with van der Waals surface area (Å²) in [5, 5.41) is 0. The van der Waals surface area contributed by atoms with Crippen molar-refractivity contribution in [3.8, 4) is 0 Å². The van der Waals surface area contributed by atoms with Crippen LogP contribution in [0.3, 0.4) is 0 Å². The number of aryl methyl sites for hydroxylation is 1. The number of imidazole rings is 1. The number of benzene rings is 1. The maximum absolute atomic E-state index is 13.0. The first-order chi connectivity index (χ1) is 15.5. The van der Waals surface area contributed by atoms with E-state index in [0.29, 0.717) is 37.1 Å². The van der Waals surface area contributed by atoms with Crippen molar-refractivity contribution in [1.82, 2.24) is 14.5 Å². The average Bonchev–Trinajstić information content (AvgIpc) is 3.10. The van der Waals surface area contributed by atoms with Crippen molar-refractivity contribution < 1.29 is 31.5 Å². The van der Waals surface area contributed by atoms with Crippen molar-refractivity contribution >= 4 is 11.7 Å². The van der Waals surface area contributed by atoms with E-state index in [1.54, 1.807) is 6.92 Å². The van der Waals surface area contributed by atoms with Gasteiger partial charge in [-0.2, -0.15) is 13.2 Å². The molecule has 1 heterocycles. The highest BCUT2D eigenvalue weighted by molar-refractivity contribution is 5.94. The highest BCUT2D eigenvalue weighted by Gasteiger charge is 2.34. The Kier molecular flexibility index (Phi) is 7.54. The van der Waals surface area contributed by atoms with Crippen molar-refractivity contribution in [1.29, 1.82) is 0 Å². The number of amides is 1. The van der Waals surface area contributed by atoms with E-state index >= 15 is 0 Å². The van der Waals surface area contributed by atoms with Crippen LogP contribution in [0.2, 0.25) is 0 Å². The summed E-state index contributed by atoms with van der Waals surface area (Å²) in [6.07, 6.45) is -3.54. The molecule has 1 aromatic carbocycles. The second-order valence-electron chi connectivity index (χ2n) is 8.48. The second-order valence-corrected chi connectivity index (χ2v) is 8.48. The zero-order valence-corrected chi connectivity index (χ0v) is 18.4. The quantitative estimate of drug-likeness (QED) is 0.539. The fraction of sp³-hybridized carbons (Fsp3) is 0.522. The number of aromatic nitrogens is 2. The summed E-state index contributed by atoms with van der Waals surface area (Å²) in [5.74, 6) is -1.02. The van der Waals surface area contributed by atoms with Crippen LogP contribution < -0.4 is 0 Å². The Bertz CT molecular complexity index is 1000. The molecule has 0 bridgehead atoms. The molecule has 1 aliphatic carbocycles. The Hall–Kier alpha value is -2.78. The van der Waals surface area contributed by atoms with Crippen LogP contribution in [0, 0.1) is 12.8 Å². The molecule has 10 heteroatoms. The van der Waals surface area contributed by atoms with Gasteiger partial charge in [0.25, 0.3) is 12.3 Å². The summed E-state index contributed by atoms with van der Waals surface area (Å²) < 4.78 is 65.9. The Balaban J connectivity index is 1.68. The highest BCUT2D eigenvalue weighted by atomic mass is 19.4. The van der Waals surface area contributed by atoms with E-state index in [0.717, 1.165) is 12.1 Å². The lowest BCUT2D eigenvalue weighted by Crippen LogP contribution is -2.41. The average molecular weight is 471 g/mol. The third-order valence-electron chi connectivity index (χ3n) is 6.24. The number of hydrogen-bond donors (Lipinski definition) is 0. The van der Waals surface area contributed by atoms with E-state index in [2.05, 4.69) is 4.98 Å². The number of ketones is 1. The number of alkyl halides is 5. The summed E-state index contributed by atoms with van der Waals surface area (Å²) in [5.41, 5.74) is 0.0190. The summed E-state index contributed by atoms with van der Waals surface area (Å²) in [6.45, 7) is 1.13. The normalized spacial score (nSPS) is 19.0. The van der Waals surface area contributed by atoms with Gasteiger partial charge in [0, 0.05) is 36.7 Å². The minimum atomic E-state index is -4.55. The van der Waals surface area contributed by atoms with Gasteiger partial charge >= 0.3 is 6.18 Å². The largest absolute Gasteiger partial charge is 0.416 e. The van der Waals surface area contributed by atoms with Gasteiger partial charge in [0.1, 0.15) is 5.78 Å². The van der Waals surface area contributed by atoms with E-state index in [9.17, 15) is 31.5 Å². The molecule has 0 radical (unpaired) electrons. The third-order valence-corrected chi connectivity index (χ3v) is 6.24. The SMILES string of the molecule is Cc1ncn(CC(F)F)c1CC(=O)[C@@H]1CCC[C@H](N(C)C(=O)c2cccc(C(F)(F)F)c2)C1. The van der Waals surface area contributed by atoms with Gasteiger partial charge in [-0.05, 0) is 44.4 Å². The smallest absolute Gasteiger partial charge is 0.339 e. The third kappa shape index (κ3) is 5.97. The number of Topliss-reactive ketones (excluding diaryl/α,β-unsaturated/α-hetero) is 1. The van der Waals surface area contributed by atoms with E-state index < -0.39 is 30.6 Å². The molecule has 1 amide bonds. The van der Waals surface area contributed by atoms with E-state index in [1.807, 2.05) is 0 Å². The fourth-order valence-corrected chi connectivity index (χ4v) is 4.36. The molecule has 33 heavy (non-hydrogen) atoms. The Morgan fingerprint density at radius 3 is 2.64 bits per heavy atom. The second kappa shape index (κ2) is 10.0. The standard InChI is InChI=1S/C23H26F5N3O2/c1-14-19(31(13-29-14)12-21(24)25)11-20(32)15-5-4-8-18(10-15)30(2)22(33)16-6-3-7-17(9-16)23(26,27)28/h3,6-7,9,13,15,18,21H,4-5,8,10-12H2,1-2H3/t15-,18+/m1/s1. The van der Waals surface area contributed by atoms with Gasteiger partial charge in [-0.25, -0.2) is 13.8 Å². The molecular weight excluding hydrogens is 445 g/mol. The first kappa shape index (κ1) is 24.9. The lowest BCUT2D eigenvalue weighted by Gasteiger charge is -2.35. The van der Waals surface area contributed by atoms with E-state index in [-0.39, 0.29) is 29.7 Å². The molecule has 0 aliphatic heterocycles. The number of nitrogens with zero attached hydrogens (tertiary/aromatic N) is 3. The molecule has 0 N–H and O–H groups in total. The van der Waals surface area contributed by atoms with Crippen molar-refractivity contribution in [3.63, 3.8) is 0 Å². The van der Waals surface area contributed by atoms with Crippen molar-refractivity contribution in [2.75, 3.05) is 7.05 Å². The summed E-state index contributed by atoms with van der Waals surface area (Å²) >= 11 is 0. The number of carbonyl (C=O) groups excluding carboxylic acids is 2. The molecule has 1 saturated carbocycles. The van der Waals surface area contributed by atoms with Crippen LogP contribution in [0.5, 0.6) is 0 Å². The molecule has 180 valence electrons. The van der Waals surface area contributed by atoms with Crippen LogP contribution in [-0.2, 0) is 23.9 Å². The predicted octanol–water partition coefficient (Wildman–Crippen LogP) is 4.92. The van der Waals surface area contributed by atoms with Crippen LogP contribution in [0.15, 0.2) is 30.6 Å². The van der Waals surface area contributed by atoms with Gasteiger partial charge in [0.05, 0.1) is 24.1 Å². The molecule has 3 rings (SSSR count). The van der Waals surface area contributed by atoms with E-state index in [1.165, 1.54) is 35.0 Å². The maximum atomic E-state index is 13.0. The molecule has 1 aliphatic rings. The van der Waals surface area contributed by atoms with Crippen LogP contribution in [0.25, 0.3) is 0 Å². The first-order valence-electron chi connectivity index (χ1n) is 10.7. The van der Waals surface area contributed by atoms with Crippen molar-refractivity contribution in [2.45, 2.75) is 64.2 Å². The Morgan fingerprint density at radius 1 is 1.24 bits per heavy atom. The van der Waals surface area contributed by atoms with Crippen LogP contribution in [0.1, 0.15) is 53.0 Å². The number of carbonyl (C=O) groups is 2. The molecule has 2 aromatic rings. The predicted molar refractivity (Wildman–Crippen MR) is 111 cm³/mol. The molecule has 2 atom stereocenters. The molecule has 1 aromatic heterocycles. The van der Waals surface area contributed by atoms with Gasteiger partial charge in [-0.15, -0.1) is 0 Å². The number of rotatable bonds is 7. The fourth-order valence-electron chi connectivity index (χ4n) is 4.36.